The number of hydrogen-bond acceptors (Lipinski definition) is 4. The summed E-state index contributed by atoms with van der Waals surface area (Å²) >= 11 is 5.25. The van der Waals surface area contributed by atoms with Crippen molar-refractivity contribution in [2.45, 2.75) is 13.0 Å². The van der Waals surface area contributed by atoms with Gasteiger partial charge in [0, 0.05) is 25.5 Å². The molecule has 1 aliphatic rings. The molecule has 1 aliphatic heterocycles. The third-order valence-corrected chi connectivity index (χ3v) is 3.99. The Bertz CT molecular complexity index is 818. The molecule has 0 unspecified atom stereocenters. The third kappa shape index (κ3) is 3.50. The topological polar surface area (TPSA) is 74.0 Å². The van der Waals surface area contributed by atoms with Crippen molar-refractivity contribution >= 4 is 29.3 Å². The number of benzene rings is 1. The molecule has 1 fully saturated rings. The smallest absolute Gasteiger partial charge is 0.276 e. The Hall–Kier alpha value is -2.98. The molecule has 1 aromatic heterocycles. The number of rotatable bonds is 5. The van der Waals surface area contributed by atoms with Gasteiger partial charge in [-0.05, 0) is 42.4 Å². The van der Waals surface area contributed by atoms with Gasteiger partial charge in [-0.15, -0.1) is 0 Å². The van der Waals surface area contributed by atoms with Gasteiger partial charge in [0.25, 0.3) is 5.91 Å². The van der Waals surface area contributed by atoms with E-state index in [1.165, 1.54) is 0 Å². The molecule has 7 heteroatoms. The van der Waals surface area contributed by atoms with Gasteiger partial charge in [0.2, 0.25) is 0 Å². The molecule has 1 N–H and O–H groups in total. The van der Waals surface area contributed by atoms with Crippen LogP contribution in [0.3, 0.4) is 0 Å². The highest BCUT2D eigenvalue weighted by molar-refractivity contribution is 7.80. The highest BCUT2D eigenvalue weighted by atomic mass is 32.1. The first kappa shape index (κ1) is 15.9. The molecule has 1 saturated heterocycles. The van der Waals surface area contributed by atoms with Crippen LogP contribution in [0.25, 0.3) is 6.08 Å². The number of aryl methyl sites for hydroxylation is 1. The van der Waals surface area contributed by atoms with Crippen LogP contribution in [0.4, 0.5) is 0 Å². The van der Waals surface area contributed by atoms with E-state index in [0.717, 1.165) is 18.5 Å². The molecular formula is C17H15N5OS. The summed E-state index contributed by atoms with van der Waals surface area (Å²) in [7, 11) is 0. The van der Waals surface area contributed by atoms with E-state index in [0.29, 0.717) is 22.9 Å². The highest BCUT2D eigenvalue weighted by Gasteiger charge is 2.29. The highest BCUT2D eigenvalue weighted by Crippen LogP contribution is 2.15. The van der Waals surface area contributed by atoms with E-state index < -0.39 is 0 Å². The summed E-state index contributed by atoms with van der Waals surface area (Å²) in [5.41, 5.74) is 1.87. The Kier molecular flexibility index (Phi) is 4.68. The van der Waals surface area contributed by atoms with Crippen molar-refractivity contribution in [1.82, 2.24) is 19.8 Å². The fourth-order valence-electron chi connectivity index (χ4n) is 2.43. The van der Waals surface area contributed by atoms with E-state index in [1.807, 2.05) is 10.8 Å². The molecule has 120 valence electrons. The van der Waals surface area contributed by atoms with Crippen molar-refractivity contribution in [2.24, 2.45) is 0 Å². The lowest BCUT2D eigenvalue weighted by Gasteiger charge is -2.13. The summed E-state index contributed by atoms with van der Waals surface area (Å²) in [5.74, 6) is -0.130. The summed E-state index contributed by atoms with van der Waals surface area (Å²) in [4.78, 5) is 18.0. The van der Waals surface area contributed by atoms with Gasteiger partial charge in [0.15, 0.2) is 5.11 Å². The lowest BCUT2D eigenvalue weighted by molar-refractivity contribution is -0.122. The van der Waals surface area contributed by atoms with Crippen LogP contribution in [0.2, 0.25) is 0 Å². The fraction of sp³-hybridized carbons (Fsp3) is 0.176. The van der Waals surface area contributed by atoms with E-state index in [2.05, 4.69) is 16.4 Å². The molecule has 6 nitrogen and oxygen atoms in total. The minimum atomic E-state index is -0.130. The summed E-state index contributed by atoms with van der Waals surface area (Å²) in [6.07, 6.45) is 7.89. The molecule has 0 saturated carbocycles. The van der Waals surface area contributed by atoms with Gasteiger partial charge in [0.1, 0.15) is 5.70 Å². The molecule has 3 rings (SSSR count). The lowest BCUT2D eigenvalue weighted by atomic mass is 10.1. The van der Waals surface area contributed by atoms with Crippen molar-refractivity contribution in [3.8, 4) is 6.07 Å². The number of hydrogen-bond donors (Lipinski definition) is 1. The summed E-state index contributed by atoms with van der Waals surface area (Å²) in [5, 5.41) is 12.2. The van der Waals surface area contributed by atoms with Gasteiger partial charge in [-0.2, -0.15) is 5.26 Å². The molecule has 2 aromatic rings. The molecular weight excluding hydrogens is 322 g/mol. The molecule has 0 spiro atoms. The first-order chi connectivity index (χ1) is 11.7. The van der Waals surface area contributed by atoms with Crippen LogP contribution in [-0.2, 0) is 11.3 Å². The van der Waals surface area contributed by atoms with E-state index in [4.69, 9.17) is 17.5 Å². The second-order valence-electron chi connectivity index (χ2n) is 5.33. The van der Waals surface area contributed by atoms with Crippen LogP contribution in [0, 0.1) is 11.3 Å². The fourth-order valence-corrected chi connectivity index (χ4v) is 2.71. The number of nitrogens with one attached hydrogen (secondary N) is 1. The van der Waals surface area contributed by atoms with Crippen molar-refractivity contribution in [3.05, 3.63) is 59.8 Å². The number of thiocarbonyl (C=S) groups is 1. The van der Waals surface area contributed by atoms with Crippen LogP contribution in [-0.4, -0.2) is 32.0 Å². The summed E-state index contributed by atoms with van der Waals surface area (Å²) < 4.78 is 1.96. The van der Waals surface area contributed by atoms with Crippen LogP contribution in [0.15, 0.2) is 48.7 Å². The molecule has 24 heavy (non-hydrogen) atoms. The Balaban J connectivity index is 1.64. The standard InChI is InChI=1S/C17H15N5OS/c18-11-14-4-2-13(3-5-14)10-15-16(23)22(17(24)20-15)8-1-7-21-9-6-19-12-21/h2-6,9-10,12H,1,7-8H2,(H,20,24)/b15-10+. The molecule has 0 atom stereocenters. The van der Waals surface area contributed by atoms with Crippen molar-refractivity contribution in [1.29, 1.82) is 5.26 Å². The molecule has 2 heterocycles. The van der Waals surface area contributed by atoms with Crippen molar-refractivity contribution in [2.75, 3.05) is 6.54 Å². The third-order valence-electron chi connectivity index (χ3n) is 3.67. The van der Waals surface area contributed by atoms with Gasteiger partial charge >= 0.3 is 0 Å². The average Bonchev–Trinajstić information content (AvgIpc) is 3.19. The van der Waals surface area contributed by atoms with Gasteiger partial charge in [-0.1, -0.05) is 12.1 Å². The van der Waals surface area contributed by atoms with Crippen LogP contribution >= 0.6 is 12.2 Å². The lowest BCUT2D eigenvalue weighted by Crippen LogP contribution is -2.32. The Morgan fingerprint density at radius 2 is 2.08 bits per heavy atom. The zero-order chi connectivity index (χ0) is 16.9. The van der Waals surface area contributed by atoms with Gasteiger partial charge in [0.05, 0.1) is 18.0 Å². The maximum Gasteiger partial charge on any atom is 0.276 e. The number of aromatic nitrogens is 2. The molecule has 1 aromatic carbocycles. The van der Waals surface area contributed by atoms with E-state index in [-0.39, 0.29) is 5.91 Å². The van der Waals surface area contributed by atoms with Crippen LogP contribution in [0.5, 0.6) is 0 Å². The monoisotopic (exact) mass is 337 g/mol. The SMILES string of the molecule is N#Cc1ccc(/C=C2/NC(=S)N(CCCn3ccnc3)C2=O)cc1. The number of nitriles is 1. The second kappa shape index (κ2) is 7.06. The molecule has 1 amide bonds. The minimum absolute atomic E-state index is 0.130. The van der Waals surface area contributed by atoms with Gasteiger partial charge < -0.3 is 9.88 Å². The number of nitrogens with zero attached hydrogens (tertiary/aromatic N) is 4. The van der Waals surface area contributed by atoms with Crippen LogP contribution < -0.4 is 5.32 Å². The largest absolute Gasteiger partial charge is 0.337 e. The van der Waals surface area contributed by atoms with E-state index in [9.17, 15) is 4.79 Å². The quantitative estimate of drug-likeness (QED) is 0.666. The zero-order valence-electron chi connectivity index (χ0n) is 12.8. The second-order valence-corrected chi connectivity index (χ2v) is 5.72. The number of carbonyl (C=O) groups is 1. The summed E-state index contributed by atoms with van der Waals surface area (Å²) in [6.45, 7) is 1.33. The average molecular weight is 337 g/mol. The molecule has 0 radical (unpaired) electrons. The Morgan fingerprint density at radius 1 is 1.29 bits per heavy atom. The van der Waals surface area contributed by atoms with Crippen molar-refractivity contribution in [3.63, 3.8) is 0 Å². The zero-order valence-corrected chi connectivity index (χ0v) is 13.7. The Morgan fingerprint density at radius 3 is 2.75 bits per heavy atom. The first-order valence-corrected chi connectivity index (χ1v) is 7.88. The minimum Gasteiger partial charge on any atom is -0.337 e. The first-order valence-electron chi connectivity index (χ1n) is 7.48. The van der Waals surface area contributed by atoms with Crippen LogP contribution in [0.1, 0.15) is 17.5 Å². The summed E-state index contributed by atoms with van der Waals surface area (Å²) in [6, 6.07) is 9.09. The number of amides is 1. The number of imidazole rings is 1. The van der Waals surface area contributed by atoms with Gasteiger partial charge in [-0.25, -0.2) is 4.98 Å². The van der Waals surface area contributed by atoms with E-state index >= 15 is 0 Å². The predicted molar refractivity (Wildman–Crippen MR) is 93.4 cm³/mol. The number of carbonyl (C=O) groups excluding carboxylic acids is 1. The predicted octanol–water partition coefficient (Wildman–Crippen LogP) is 1.90. The van der Waals surface area contributed by atoms with Gasteiger partial charge in [-0.3, -0.25) is 9.69 Å². The Labute approximate surface area is 145 Å². The maximum absolute atomic E-state index is 12.5. The van der Waals surface area contributed by atoms with E-state index in [1.54, 1.807) is 47.8 Å². The normalized spacial score (nSPS) is 15.6. The molecule has 0 bridgehead atoms. The molecule has 0 aliphatic carbocycles. The van der Waals surface area contributed by atoms with Crippen molar-refractivity contribution < 1.29 is 4.79 Å². The maximum atomic E-state index is 12.5.